The summed E-state index contributed by atoms with van der Waals surface area (Å²) < 4.78 is 6.26. The molecule has 0 spiro atoms. The molecule has 2 aromatic rings. The largest absolute Gasteiger partial charge is 0.454 e. The Morgan fingerprint density at radius 1 is 1.12 bits per heavy atom. The van der Waals surface area contributed by atoms with Gasteiger partial charge in [0.05, 0.1) is 5.56 Å². The van der Waals surface area contributed by atoms with Crippen LogP contribution in [0.25, 0.3) is 0 Å². The number of hydrogen-bond acceptors (Lipinski definition) is 5. The predicted octanol–water partition coefficient (Wildman–Crippen LogP) is 5.27. The van der Waals surface area contributed by atoms with Crippen molar-refractivity contribution in [2.24, 2.45) is 10.4 Å². The van der Waals surface area contributed by atoms with Gasteiger partial charge in [0.25, 0.3) is 0 Å². The average molecular weight is 435 g/mol. The summed E-state index contributed by atoms with van der Waals surface area (Å²) in [5.41, 5.74) is 2.44. The zero-order valence-corrected chi connectivity index (χ0v) is 19.8. The quantitative estimate of drug-likeness (QED) is 0.715. The summed E-state index contributed by atoms with van der Waals surface area (Å²) in [7, 11) is 4.30. The van der Waals surface area contributed by atoms with E-state index in [-0.39, 0.29) is 11.3 Å². The lowest BCUT2D eigenvalue weighted by Crippen LogP contribution is -2.44. The molecule has 170 valence electrons. The average Bonchev–Trinajstić information content (AvgIpc) is 2.89. The molecule has 1 N–H and O–H groups in total. The maximum Gasteiger partial charge on any atom is 0.224 e. The van der Waals surface area contributed by atoms with Gasteiger partial charge < -0.3 is 19.9 Å². The summed E-state index contributed by atoms with van der Waals surface area (Å²) in [6.45, 7) is 8.07. The Kier molecular flexibility index (Phi) is 6.24. The molecule has 6 nitrogen and oxygen atoms in total. The number of fused-ring (bicyclic) bond motifs is 2. The lowest BCUT2D eigenvalue weighted by Gasteiger charge is -2.37. The Bertz CT molecular complexity index is 1010. The number of rotatable bonds is 3. The standard InChI is InChI=1S/C26H34N4O2/c1-26(2,3)17-24(31)27-18-10-11-22-20(16-18)25(28-21-8-6-7-9-23(21)32-22)30-14-12-19(13-15-30)29(4)5/h6-11,16,19H,12-15,17H2,1-5H3,(H,27,31). The van der Waals surface area contributed by atoms with Crippen molar-refractivity contribution in [3.63, 3.8) is 0 Å². The van der Waals surface area contributed by atoms with Gasteiger partial charge >= 0.3 is 0 Å². The third-order valence-corrected chi connectivity index (χ3v) is 6.00. The lowest BCUT2D eigenvalue weighted by molar-refractivity contribution is -0.117. The van der Waals surface area contributed by atoms with E-state index in [1.165, 1.54) is 0 Å². The molecular weight excluding hydrogens is 400 g/mol. The number of amidine groups is 1. The fraction of sp³-hybridized carbons (Fsp3) is 0.462. The molecule has 0 bridgehead atoms. The molecule has 2 aliphatic rings. The molecule has 0 saturated carbocycles. The van der Waals surface area contributed by atoms with Crippen LogP contribution in [0.5, 0.6) is 11.5 Å². The molecule has 0 radical (unpaired) electrons. The van der Waals surface area contributed by atoms with Crippen molar-refractivity contribution < 1.29 is 9.53 Å². The fourth-order valence-electron chi connectivity index (χ4n) is 4.32. The SMILES string of the molecule is CN(C)C1CCN(C2=Nc3ccccc3Oc3ccc(NC(=O)CC(C)(C)C)cc32)CC1. The van der Waals surface area contributed by atoms with E-state index in [9.17, 15) is 4.79 Å². The van der Waals surface area contributed by atoms with E-state index in [4.69, 9.17) is 9.73 Å². The van der Waals surface area contributed by atoms with Crippen LogP contribution in [0.3, 0.4) is 0 Å². The molecule has 0 aromatic heterocycles. The monoisotopic (exact) mass is 434 g/mol. The Labute approximate surface area is 191 Å². The van der Waals surface area contributed by atoms with Gasteiger partial charge in [0.15, 0.2) is 5.75 Å². The van der Waals surface area contributed by atoms with Crippen molar-refractivity contribution >= 4 is 23.1 Å². The van der Waals surface area contributed by atoms with Gasteiger partial charge in [0.2, 0.25) is 5.91 Å². The minimum absolute atomic E-state index is 0.0144. The molecule has 2 aromatic carbocycles. The van der Waals surface area contributed by atoms with E-state index in [1.54, 1.807) is 0 Å². The third-order valence-electron chi connectivity index (χ3n) is 6.00. The Hall–Kier alpha value is -2.86. The second kappa shape index (κ2) is 8.94. The van der Waals surface area contributed by atoms with Crippen molar-refractivity contribution in [2.75, 3.05) is 32.5 Å². The molecule has 1 fully saturated rings. The first-order valence-electron chi connectivity index (χ1n) is 11.4. The van der Waals surface area contributed by atoms with Crippen LogP contribution >= 0.6 is 0 Å². The fourth-order valence-corrected chi connectivity index (χ4v) is 4.32. The normalized spacial score (nSPS) is 16.6. The molecule has 1 amide bonds. The minimum Gasteiger partial charge on any atom is -0.454 e. The molecule has 0 aliphatic carbocycles. The highest BCUT2D eigenvalue weighted by Crippen LogP contribution is 2.39. The molecule has 0 unspecified atom stereocenters. The number of nitrogens with zero attached hydrogens (tertiary/aromatic N) is 3. The summed E-state index contributed by atoms with van der Waals surface area (Å²) in [4.78, 5) is 22.2. The number of hydrogen-bond donors (Lipinski definition) is 1. The summed E-state index contributed by atoms with van der Waals surface area (Å²) >= 11 is 0. The Morgan fingerprint density at radius 3 is 2.53 bits per heavy atom. The van der Waals surface area contributed by atoms with Gasteiger partial charge in [-0.15, -0.1) is 0 Å². The van der Waals surface area contributed by atoms with E-state index in [0.29, 0.717) is 12.5 Å². The van der Waals surface area contributed by atoms with Crippen LogP contribution in [-0.2, 0) is 4.79 Å². The number of amides is 1. The number of piperidine rings is 1. The number of likely N-dealkylation sites (tertiary alicyclic amines) is 1. The van der Waals surface area contributed by atoms with Gasteiger partial charge in [-0.05, 0) is 62.7 Å². The number of aliphatic imine (C=N–C) groups is 1. The first-order chi connectivity index (χ1) is 15.2. The molecule has 0 atom stereocenters. The molecule has 6 heteroatoms. The van der Waals surface area contributed by atoms with Crippen LogP contribution < -0.4 is 10.1 Å². The number of benzene rings is 2. The van der Waals surface area contributed by atoms with E-state index >= 15 is 0 Å². The van der Waals surface area contributed by atoms with Gasteiger partial charge in [-0.1, -0.05) is 32.9 Å². The van der Waals surface area contributed by atoms with Crippen LogP contribution in [0.15, 0.2) is 47.5 Å². The van der Waals surface area contributed by atoms with Crippen molar-refractivity contribution in [3.05, 3.63) is 48.0 Å². The lowest BCUT2D eigenvalue weighted by atomic mass is 9.92. The molecule has 32 heavy (non-hydrogen) atoms. The summed E-state index contributed by atoms with van der Waals surface area (Å²) in [6, 6.07) is 14.3. The number of carbonyl (C=O) groups excluding carboxylic acids is 1. The van der Waals surface area contributed by atoms with Crippen LogP contribution in [0, 0.1) is 5.41 Å². The van der Waals surface area contributed by atoms with Crippen molar-refractivity contribution in [1.29, 1.82) is 0 Å². The maximum atomic E-state index is 12.5. The van der Waals surface area contributed by atoms with Gasteiger partial charge in [0.1, 0.15) is 17.3 Å². The van der Waals surface area contributed by atoms with Crippen molar-refractivity contribution in [1.82, 2.24) is 9.80 Å². The van der Waals surface area contributed by atoms with E-state index < -0.39 is 0 Å². The van der Waals surface area contributed by atoms with Crippen LogP contribution in [0.4, 0.5) is 11.4 Å². The number of ether oxygens (including phenoxy) is 1. The minimum atomic E-state index is -0.0656. The molecule has 1 saturated heterocycles. The topological polar surface area (TPSA) is 57.2 Å². The van der Waals surface area contributed by atoms with Crippen LogP contribution in [0.2, 0.25) is 0 Å². The van der Waals surface area contributed by atoms with Gasteiger partial charge in [-0.25, -0.2) is 4.99 Å². The van der Waals surface area contributed by atoms with Gasteiger partial charge in [0, 0.05) is 31.2 Å². The number of para-hydroxylation sites is 2. The first kappa shape index (κ1) is 22.3. The number of carbonyl (C=O) groups is 1. The van der Waals surface area contributed by atoms with E-state index in [0.717, 1.165) is 60.2 Å². The first-order valence-corrected chi connectivity index (χ1v) is 11.4. The maximum absolute atomic E-state index is 12.5. The summed E-state index contributed by atoms with van der Waals surface area (Å²) in [5.74, 6) is 2.43. The zero-order chi connectivity index (χ0) is 22.9. The summed E-state index contributed by atoms with van der Waals surface area (Å²) in [5, 5.41) is 3.06. The Morgan fingerprint density at radius 2 is 1.84 bits per heavy atom. The highest BCUT2D eigenvalue weighted by Gasteiger charge is 2.28. The van der Waals surface area contributed by atoms with Crippen LogP contribution in [0.1, 0.15) is 45.6 Å². The smallest absolute Gasteiger partial charge is 0.224 e. The molecular formula is C26H34N4O2. The van der Waals surface area contributed by atoms with Crippen LogP contribution in [-0.4, -0.2) is 54.8 Å². The second-order valence-electron chi connectivity index (χ2n) is 10.2. The van der Waals surface area contributed by atoms with E-state index in [2.05, 4.69) is 50.0 Å². The van der Waals surface area contributed by atoms with Gasteiger partial charge in [-0.2, -0.15) is 0 Å². The van der Waals surface area contributed by atoms with Crippen molar-refractivity contribution in [3.8, 4) is 11.5 Å². The highest BCUT2D eigenvalue weighted by atomic mass is 16.5. The number of anilines is 1. The molecule has 4 rings (SSSR count). The molecule has 2 aliphatic heterocycles. The van der Waals surface area contributed by atoms with Crippen molar-refractivity contribution in [2.45, 2.75) is 46.1 Å². The van der Waals surface area contributed by atoms with Gasteiger partial charge in [-0.3, -0.25) is 4.79 Å². The second-order valence-corrected chi connectivity index (χ2v) is 10.2. The van der Waals surface area contributed by atoms with E-state index in [1.807, 2.05) is 42.5 Å². The zero-order valence-electron chi connectivity index (χ0n) is 19.8. The number of nitrogens with one attached hydrogen (secondary N) is 1. The Balaban J connectivity index is 1.67. The highest BCUT2D eigenvalue weighted by molar-refractivity contribution is 6.05. The molecule has 2 heterocycles. The predicted molar refractivity (Wildman–Crippen MR) is 130 cm³/mol. The summed E-state index contributed by atoms with van der Waals surface area (Å²) in [6.07, 6.45) is 2.64. The third kappa shape index (κ3) is 5.13.